The first kappa shape index (κ1) is 23.6. The fourth-order valence-corrected chi connectivity index (χ4v) is 0.474. The van der Waals surface area contributed by atoms with Gasteiger partial charge in [0.15, 0.2) is 0 Å². The second kappa shape index (κ2) is 10.4. The Morgan fingerprint density at radius 2 is 0.947 bits per heavy atom. The zero-order valence-electron chi connectivity index (χ0n) is 10.2. The Labute approximate surface area is 109 Å². The monoisotopic (exact) mass is 312 g/mol. The topological polar surface area (TPSA) is 220 Å². The Hall–Kier alpha value is -0.450. The van der Waals surface area contributed by atoms with E-state index in [1.807, 2.05) is 0 Å². The second-order valence-electron chi connectivity index (χ2n) is 3.06. The van der Waals surface area contributed by atoms with E-state index >= 15 is 0 Å². The second-order valence-corrected chi connectivity index (χ2v) is 3.95. The highest BCUT2D eigenvalue weighted by atomic mass is 32.3. The zero-order chi connectivity index (χ0) is 16.3. The maximum absolute atomic E-state index is 8.74. The van der Waals surface area contributed by atoms with Gasteiger partial charge in [-0.2, -0.15) is 8.42 Å². The lowest BCUT2D eigenvalue weighted by Gasteiger charge is -2.11. The number of aliphatic hydroxyl groups is 6. The molecule has 12 nitrogen and oxygen atoms in total. The van der Waals surface area contributed by atoms with E-state index in [9.17, 15) is 0 Å². The molecule has 0 saturated heterocycles. The van der Waals surface area contributed by atoms with Crippen LogP contribution in [0.2, 0.25) is 0 Å². The van der Waals surface area contributed by atoms with E-state index in [4.69, 9.17) is 48.2 Å². The van der Waals surface area contributed by atoms with Crippen LogP contribution in [0.15, 0.2) is 0 Å². The molecule has 0 amide bonds. The maximum atomic E-state index is 8.74. The molecule has 0 spiro atoms. The van der Waals surface area contributed by atoms with Gasteiger partial charge in [0.05, 0.1) is 13.1 Å². The van der Waals surface area contributed by atoms with Crippen LogP contribution in [0.5, 0.6) is 0 Å². The minimum Gasteiger partial charge on any atom is -0.343 e. The third-order valence-corrected chi connectivity index (χ3v) is 0.828. The molecule has 0 unspecified atom stereocenters. The molecule has 19 heavy (non-hydrogen) atoms. The SMILES string of the molecule is CNCC(O)(O)O.CNCC(O)(O)O.O=S(=O)(O)O. The highest BCUT2D eigenvalue weighted by Gasteiger charge is 2.15. The molecule has 0 radical (unpaired) electrons. The van der Waals surface area contributed by atoms with Gasteiger partial charge >= 0.3 is 10.4 Å². The molecule has 0 atom stereocenters. The Kier molecular flexibility index (Phi) is 12.9. The Balaban J connectivity index is -0.000000206. The Bertz CT molecular complexity index is 268. The van der Waals surface area contributed by atoms with E-state index < -0.39 is 22.3 Å². The lowest BCUT2D eigenvalue weighted by Crippen LogP contribution is -2.38. The van der Waals surface area contributed by atoms with Crippen LogP contribution in [-0.2, 0) is 10.4 Å². The molecule has 13 heteroatoms. The van der Waals surface area contributed by atoms with E-state index in [-0.39, 0.29) is 13.1 Å². The summed E-state index contributed by atoms with van der Waals surface area (Å²) in [6.45, 7) is -0.486. The van der Waals surface area contributed by atoms with Crippen LogP contribution in [0.3, 0.4) is 0 Å². The van der Waals surface area contributed by atoms with Gasteiger partial charge in [0, 0.05) is 0 Å². The minimum absolute atomic E-state index is 0.243. The molecule has 0 aromatic rings. The summed E-state index contributed by atoms with van der Waals surface area (Å²) in [6.07, 6.45) is 0. The molecule has 0 saturated carbocycles. The molecule has 0 heterocycles. The van der Waals surface area contributed by atoms with Gasteiger partial charge in [-0.1, -0.05) is 0 Å². The quantitative estimate of drug-likeness (QED) is 0.174. The predicted octanol–water partition coefficient (Wildman–Crippen LogP) is -4.98. The average Bonchev–Trinajstić information content (AvgIpc) is 1.95. The van der Waals surface area contributed by atoms with Crippen LogP contribution in [0.4, 0.5) is 0 Å². The van der Waals surface area contributed by atoms with Crippen molar-refractivity contribution in [2.75, 3.05) is 27.2 Å². The first-order valence-corrected chi connectivity index (χ1v) is 5.85. The van der Waals surface area contributed by atoms with Gasteiger partial charge in [0.25, 0.3) is 11.9 Å². The molecular weight excluding hydrogens is 292 g/mol. The van der Waals surface area contributed by atoms with Crippen LogP contribution < -0.4 is 10.6 Å². The van der Waals surface area contributed by atoms with Crippen molar-refractivity contribution in [3.8, 4) is 0 Å². The lowest BCUT2D eigenvalue weighted by atomic mass is 10.6. The summed E-state index contributed by atoms with van der Waals surface area (Å²) in [4.78, 5) is 0. The van der Waals surface area contributed by atoms with Crippen molar-refractivity contribution in [1.29, 1.82) is 0 Å². The van der Waals surface area contributed by atoms with Crippen LogP contribution in [0, 0.1) is 0 Å². The van der Waals surface area contributed by atoms with Crippen LogP contribution in [0.1, 0.15) is 0 Å². The van der Waals surface area contributed by atoms with E-state index in [2.05, 4.69) is 10.6 Å². The molecule has 0 fully saturated rings. The van der Waals surface area contributed by atoms with Crippen molar-refractivity contribution in [2.45, 2.75) is 11.9 Å². The van der Waals surface area contributed by atoms with E-state index in [1.54, 1.807) is 0 Å². The summed E-state index contributed by atoms with van der Waals surface area (Å²) in [6, 6.07) is 0. The molecular formula is C6H20N2O10S. The molecule has 0 aromatic heterocycles. The van der Waals surface area contributed by atoms with Crippen LogP contribution in [-0.4, -0.2) is 87.3 Å². The van der Waals surface area contributed by atoms with Gasteiger partial charge in [-0.25, -0.2) is 0 Å². The normalized spacial score (nSPS) is 11.9. The highest BCUT2D eigenvalue weighted by molar-refractivity contribution is 7.79. The van der Waals surface area contributed by atoms with Crippen molar-refractivity contribution in [3.05, 3.63) is 0 Å². The van der Waals surface area contributed by atoms with E-state index in [1.165, 1.54) is 14.1 Å². The summed E-state index contributed by atoms with van der Waals surface area (Å²) in [7, 11) is -1.67. The van der Waals surface area contributed by atoms with E-state index in [0.717, 1.165) is 0 Å². The third-order valence-electron chi connectivity index (χ3n) is 0.828. The summed E-state index contributed by atoms with van der Waals surface area (Å²) in [5.74, 6) is -5.12. The van der Waals surface area contributed by atoms with Gasteiger partial charge in [0.1, 0.15) is 0 Å². The van der Waals surface area contributed by atoms with Gasteiger partial charge in [-0.15, -0.1) is 0 Å². The van der Waals surface area contributed by atoms with Gasteiger partial charge in [-0.3, -0.25) is 9.11 Å². The smallest absolute Gasteiger partial charge is 0.343 e. The highest BCUT2D eigenvalue weighted by Crippen LogP contribution is 1.85. The number of hydrogen-bond donors (Lipinski definition) is 10. The van der Waals surface area contributed by atoms with Crippen LogP contribution in [0.25, 0.3) is 0 Å². The third kappa shape index (κ3) is 74.4. The first-order valence-electron chi connectivity index (χ1n) is 4.45. The van der Waals surface area contributed by atoms with Gasteiger partial charge < -0.3 is 41.3 Å². The van der Waals surface area contributed by atoms with Crippen molar-refractivity contribution >= 4 is 10.4 Å². The molecule has 0 aliphatic rings. The van der Waals surface area contributed by atoms with E-state index in [0.29, 0.717) is 0 Å². The number of rotatable bonds is 4. The van der Waals surface area contributed by atoms with Crippen molar-refractivity contribution in [1.82, 2.24) is 10.6 Å². The number of hydrogen-bond acceptors (Lipinski definition) is 10. The minimum atomic E-state index is -4.67. The maximum Gasteiger partial charge on any atom is 0.394 e. The Morgan fingerprint density at radius 1 is 0.789 bits per heavy atom. The average molecular weight is 312 g/mol. The molecule has 0 aliphatic heterocycles. The standard InChI is InChI=1S/2C3H9NO3.H2O4S/c2*1-4-2-3(5,6)7;1-5(2,3)4/h2*4-7H,2H2,1H3;(H2,1,2,3,4). The summed E-state index contributed by atoms with van der Waals surface area (Å²) in [5, 5.41) is 53.1. The van der Waals surface area contributed by atoms with Crippen molar-refractivity contribution in [3.63, 3.8) is 0 Å². The molecule has 0 aromatic carbocycles. The lowest BCUT2D eigenvalue weighted by molar-refractivity contribution is -0.306. The van der Waals surface area contributed by atoms with Gasteiger partial charge in [0.2, 0.25) is 0 Å². The fourth-order valence-electron chi connectivity index (χ4n) is 0.474. The van der Waals surface area contributed by atoms with Crippen molar-refractivity contribution < 1.29 is 48.2 Å². The summed E-state index contributed by atoms with van der Waals surface area (Å²) in [5.41, 5.74) is 0. The fraction of sp³-hybridized carbons (Fsp3) is 1.00. The molecule has 0 aliphatic carbocycles. The predicted molar refractivity (Wildman–Crippen MR) is 60.8 cm³/mol. The summed E-state index contributed by atoms with van der Waals surface area (Å²) >= 11 is 0. The first-order chi connectivity index (χ1) is 8.12. The van der Waals surface area contributed by atoms with Gasteiger partial charge in [-0.05, 0) is 14.1 Å². The number of likely N-dealkylation sites (N-methyl/N-ethyl adjacent to an activating group) is 2. The molecule has 10 N–H and O–H groups in total. The molecule has 0 rings (SSSR count). The molecule has 120 valence electrons. The zero-order valence-corrected chi connectivity index (χ0v) is 11.0. The largest absolute Gasteiger partial charge is 0.394 e. The molecule has 0 bridgehead atoms. The number of nitrogens with one attached hydrogen (secondary N) is 2. The van der Waals surface area contributed by atoms with Crippen molar-refractivity contribution in [2.24, 2.45) is 0 Å². The van der Waals surface area contributed by atoms with Crippen LogP contribution >= 0.6 is 0 Å². The summed E-state index contributed by atoms with van der Waals surface area (Å²) < 4.78 is 31.6. The Morgan fingerprint density at radius 3 is 0.947 bits per heavy atom.